The van der Waals surface area contributed by atoms with Gasteiger partial charge in [0.1, 0.15) is 5.58 Å². The number of amides is 3. The maximum absolute atomic E-state index is 12.8. The lowest BCUT2D eigenvalue weighted by Crippen LogP contribution is -2.51. The lowest BCUT2D eigenvalue weighted by Gasteiger charge is -2.37. The zero-order valence-corrected chi connectivity index (χ0v) is 29.1. The smallest absolute Gasteiger partial charge is 0.287 e. The van der Waals surface area contributed by atoms with Crippen LogP contribution in [0.15, 0.2) is 82.0 Å². The molecular formula is C35H41ClN6O5S. The standard InChI is InChI=1S/C28H34N6O5S.C7H7Cl/c1-32(2)11-10-29-27(37)20-6-4-5-7-22(20)33-12-14-34(15-13-33)26(36)18-30-28(38)25-17-23(35)21-16-19(31-40-3)8-9-24(21)39-25;1-6-2-4-7(8)5-3-6/h4-9,16-17,31H,10-15,18H2,1-3H3,(H,29,37)(H,30,38);2-5H,1H3. The molecule has 254 valence electrons. The number of fused-ring (bicyclic) bond motifs is 1. The summed E-state index contributed by atoms with van der Waals surface area (Å²) in [6.45, 7) is 5.11. The van der Waals surface area contributed by atoms with E-state index in [0.29, 0.717) is 49.3 Å². The molecule has 0 spiro atoms. The predicted octanol–water partition coefficient (Wildman–Crippen LogP) is 4.50. The molecule has 1 fully saturated rings. The average Bonchev–Trinajstić information content (AvgIpc) is 3.09. The minimum absolute atomic E-state index is 0.129. The van der Waals surface area contributed by atoms with E-state index in [1.54, 1.807) is 29.2 Å². The van der Waals surface area contributed by atoms with Crippen LogP contribution in [0.4, 0.5) is 11.4 Å². The van der Waals surface area contributed by atoms with Crippen LogP contribution in [0, 0.1) is 6.92 Å². The van der Waals surface area contributed by atoms with Gasteiger partial charge in [-0.3, -0.25) is 19.2 Å². The SMILES string of the molecule is CSNc1ccc2oc(C(=O)NCC(=O)N3CCN(c4ccccc4C(=O)NCCN(C)C)CC3)cc(=O)c2c1.Cc1ccc(Cl)cc1. The van der Waals surface area contributed by atoms with Crippen molar-refractivity contribution in [2.75, 3.05) is 75.8 Å². The number of benzene rings is 3. The van der Waals surface area contributed by atoms with E-state index in [0.717, 1.165) is 29.0 Å². The molecule has 0 radical (unpaired) electrons. The molecule has 2 heterocycles. The molecule has 1 aromatic heterocycles. The molecule has 11 nitrogen and oxygen atoms in total. The van der Waals surface area contributed by atoms with Gasteiger partial charge in [0.15, 0.2) is 11.2 Å². The summed E-state index contributed by atoms with van der Waals surface area (Å²) in [5.74, 6) is -1.15. The van der Waals surface area contributed by atoms with Crippen molar-refractivity contribution >= 4 is 63.6 Å². The number of hydrogen-bond donors (Lipinski definition) is 3. The molecule has 1 aliphatic heterocycles. The van der Waals surface area contributed by atoms with Crippen molar-refractivity contribution < 1.29 is 18.8 Å². The van der Waals surface area contributed by atoms with Crippen LogP contribution in [0.5, 0.6) is 0 Å². The molecule has 48 heavy (non-hydrogen) atoms. The molecule has 1 aliphatic rings. The van der Waals surface area contributed by atoms with Gasteiger partial charge in [-0.25, -0.2) is 0 Å². The summed E-state index contributed by atoms with van der Waals surface area (Å²) in [6, 6.07) is 21.4. The van der Waals surface area contributed by atoms with E-state index in [1.165, 1.54) is 17.5 Å². The van der Waals surface area contributed by atoms with Crippen molar-refractivity contribution in [3.05, 3.63) is 105 Å². The Hall–Kier alpha value is -4.52. The summed E-state index contributed by atoms with van der Waals surface area (Å²) in [5.41, 5.74) is 3.37. The molecule has 4 aromatic rings. The molecule has 3 aromatic carbocycles. The van der Waals surface area contributed by atoms with E-state index < -0.39 is 5.91 Å². The molecule has 0 saturated carbocycles. The van der Waals surface area contributed by atoms with Gasteiger partial charge in [0, 0.05) is 68.0 Å². The summed E-state index contributed by atoms with van der Waals surface area (Å²) < 4.78 is 8.68. The number of anilines is 2. The van der Waals surface area contributed by atoms with E-state index in [-0.39, 0.29) is 29.5 Å². The summed E-state index contributed by atoms with van der Waals surface area (Å²) in [6.07, 6.45) is 1.87. The minimum atomic E-state index is -0.633. The van der Waals surface area contributed by atoms with Gasteiger partial charge < -0.3 is 34.5 Å². The van der Waals surface area contributed by atoms with Crippen molar-refractivity contribution in [1.29, 1.82) is 0 Å². The van der Waals surface area contributed by atoms with Gasteiger partial charge in [-0.1, -0.05) is 53.4 Å². The van der Waals surface area contributed by atoms with Gasteiger partial charge >= 0.3 is 0 Å². The molecule has 5 rings (SSSR count). The van der Waals surface area contributed by atoms with E-state index in [2.05, 4.69) is 20.3 Å². The third-order valence-corrected chi connectivity index (χ3v) is 8.24. The second-order valence-electron chi connectivity index (χ2n) is 11.4. The third kappa shape index (κ3) is 10.2. The fourth-order valence-corrected chi connectivity index (χ4v) is 5.45. The summed E-state index contributed by atoms with van der Waals surface area (Å²) in [4.78, 5) is 56.6. The van der Waals surface area contributed by atoms with Crippen LogP contribution >= 0.6 is 23.5 Å². The Kier molecular flexibility index (Phi) is 13.3. The Morgan fingerprint density at radius 2 is 1.62 bits per heavy atom. The fourth-order valence-electron chi connectivity index (χ4n) is 4.96. The molecular weight excluding hydrogens is 652 g/mol. The minimum Gasteiger partial charge on any atom is -0.451 e. The zero-order valence-electron chi connectivity index (χ0n) is 27.5. The average molecular weight is 693 g/mol. The first-order valence-electron chi connectivity index (χ1n) is 15.5. The van der Waals surface area contributed by atoms with Gasteiger partial charge in [0.2, 0.25) is 5.91 Å². The monoisotopic (exact) mass is 692 g/mol. The molecule has 0 bridgehead atoms. The van der Waals surface area contributed by atoms with Crippen molar-refractivity contribution in [3.63, 3.8) is 0 Å². The Morgan fingerprint density at radius 3 is 2.29 bits per heavy atom. The Labute approximate surface area is 289 Å². The van der Waals surface area contributed by atoms with Gasteiger partial charge in [0.05, 0.1) is 17.5 Å². The lowest BCUT2D eigenvalue weighted by atomic mass is 10.1. The van der Waals surface area contributed by atoms with E-state index in [9.17, 15) is 19.2 Å². The number of para-hydroxylation sites is 1. The molecule has 0 atom stereocenters. The quantitative estimate of drug-likeness (QED) is 0.206. The van der Waals surface area contributed by atoms with E-state index in [4.69, 9.17) is 16.0 Å². The van der Waals surface area contributed by atoms with Crippen molar-refractivity contribution in [1.82, 2.24) is 20.4 Å². The van der Waals surface area contributed by atoms with Crippen LogP contribution in [-0.2, 0) is 4.79 Å². The largest absolute Gasteiger partial charge is 0.451 e. The van der Waals surface area contributed by atoms with Crippen LogP contribution < -0.4 is 25.7 Å². The van der Waals surface area contributed by atoms with Crippen LogP contribution in [0.25, 0.3) is 11.0 Å². The van der Waals surface area contributed by atoms with Crippen LogP contribution in [-0.4, -0.2) is 93.7 Å². The highest BCUT2D eigenvalue weighted by atomic mass is 35.5. The third-order valence-electron chi connectivity index (χ3n) is 7.55. The first-order chi connectivity index (χ1) is 23.0. The van der Waals surface area contributed by atoms with E-state index in [1.807, 2.05) is 74.6 Å². The van der Waals surface area contributed by atoms with Crippen molar-refractivity contribution in [2.24, 2.45) is 0 Å². The highest BCUT2D eigenvalue weighted by Gasteiger charge is 2.24. The topological polar surface area (TPSA) is 127 Å². The number of rotatable bonds is 10. The molecule has 13 heteroatoms. The number of carbonyl (C=O) groups excluding carboxylic acids is 3. The number of piperazine rings is 1. The summed E-state index contributed by atoms with van der Waals surface area (Å²) in [7, 11) is 3.90. The lowest BCUT2D eigenvalue weighted by molar-refractivity contribution is -0.130. The maximum Gasteiger partial charge on any atom is 0.287 e. The molecule has 3 N–H and O–H groups in total. The first kappa shape index (κ1) is 36.3. The van der Waals surface area contributed by atoms with Crippen LogP contribution in [0.2, 0.25) is 5.02 Å². The van der Waals surface area contributed by atoms with Crippen LogP contribution in [0.3, 0.4) is 0 Å². The zero-order chi connectivity index (χ0) is 34.6. The Bertz CT molecular complexity index is 1750. The molecule has 1 saturated heterocycles. The maximum atomic E-state index is 12.8. The number of nitrogens with zero attached hydrogens (tertiary/aromatic N) is 3. The van der Waals surface area contributed by atoms with Gasteiger partial charge in [-0.05, 0) is 63.5 Å². The number of aryl methyl sites for hydroxylation is 1. The van der Waals surface area contributed by atoms with E-state index >= 15 is 0 Å². The molecule has 0 unspecified atom stereocenters. The fraction of sp³-hybridized carbons (Fsp3) is 0.314. The first-order valence-corrected chi connectivity index (χ1v) is 17.1. The van der Waals surface area contributed by atoms with Gasteiger partial charge in [0.25, 0.3) is 11.8 Å². The molecule has 3 amide bonds. The summed E-state index contributed by atoms with van der Waals surface area (Å²) >= 11 is 7.01. The van der Waals surface area contributed by atoms with Gasteiger partial charge in [-0.15, -0.1) is 0 Å². The molecule has 0 aliphatic carbocycles. The summed E-state index contributed by atoms with van der Waals surface area (Å²) in [5, 5.41) is 6.68. The number of carbonyl (C=O) groups is 3. The van der Waals surface area contributed by atoms with Crippen molar-refractivity contribution in [3.8, 4) is 0 Å². The number of halogens is 1. The van der Waals surface area contributed by atoms with Crippen molar-refractivity contribution in [2.45, 2.75) is 6.92 Å². The number of nitrogens with one attached hydrogen (secondary N) is 3. The Balaban J connectivity index is 0.000000569. The van der Waals surface area contributed by atoms with Gasteiger partial charge in [-0.2, -0.15) is 0 Å². The second kappa shape index (κ2) is 17.6. The predicted molar refractivity (Wildman–Crippen MR) is 194 cm³/mol. The highest BCUT2D eigenvalue weighted by Crippen LogP contribution is 2.22. The normalized spacial score (nSPS) is 12.7. The number of hydrogen-bond acceptors (Lipinski definition) is 9. The highest BCUT2D eigenvalue weighted by molar-refractivity contribution is 7.99. The number of likely N-dealkylation sites (N-methyl/N-ethyl adjacent to an activating group) is 1. The van der Waals surface area contributed by atoms with Crippen LogP contribution in [0.1, 0.15) is 26.5 Å². The Morgan fingerprint density at radius 1 is 0.917 bits per heavy atom. The second-order valence-corrected chi connectivity index (χ2v) is 12.5.